The van der Waals surface area contributed by atoms with Crippen molar-refractivity contribution in [2.45, 2.75) is 19.1 Å². The van der Waals surface area contributed by atoms with Crippen molar-refractivity contribution in [1.82, 2.24) is 9.88 Å². The van der Waals surface area contributed by atoms with Crippen molar-refractivity contribution < 1.29 is 23.1 Å². The average Bonchev–Trinajstić information content (AvgIpc) is 3.15. The van der Waals surface area contributed by atoms with Crippen molar-refractivity contribution in [2.24, 2.45) is 11.8 Å². The van der Waals surface area contributed by atoms with Crippen LogP contribution in [0, 0.1) is 11.8 Å². The minimum absolute atomic E-state index is 0.106. The van der Waals surface area contributed by atoms with Gasteiger partial charge in [0, 0.05) is 31.4 Å². The molecule has 0 saturated carbocycles. The lowest BCUT2D eigenvalue weighted by molar-refractivity contribution is -0.188. The van der Waals surface area contributed by atoms with Crippen molar-refractivity contribution in [1.29, 1.82) is 0 Å². The van der Waals surface area contributed by atoms with Crippen LogP contribution in [0.3, 0.4) is 0 Å². The van der Waals surface area contributed by atoms with E-state index in [4.69, 9.17) is 5.11 Å². The number of aromatic nitrogens is 1. The number of carbonyl (C=O) groups is 1. The van der Waals surface area contributed by atoms with Gasteiger partial charge >= 0.3 is 12.1 Å². The Balaban J connectivity index is 1.64. The summed E-state index contributed by atoms with van der Waals surface area (Å²) >= 11 is 1.46. The zero-order chi connectivity index (χ0) is 18.0. The fraction of sp³-hybridized carbons (Fsp3) is 0.412. The predicted octanol–water partition coefficient (Wildman–Crippen LogP) is 3.43. The highest BCUT2D eigenvalue weighted by Crippen LogP contribution is 2.38. The molecule has 0 radical (unpaired) electrons. The van der Waals surface area contributed by atoms with Crippen LogP contribution in [0.1, 0.15) is 16.3 Å². The van der Waals surface area contributed by atoms with Crippen LogP contribution in [0.4, 0.5) is 13.2 Å². The minimum atomic E-state index is -4.50. The maximum absolute atomic E-state index is 13.0. The van der Waals surface area contributed by atoms with Gasteiger partial charge in [0.15, 0.2) is 0 Å². The summed E-state index contributed by atoms with van der Waals surface area (Å²) in [6.07, 6.45) is -3.83. The normalized spacial score (nSPS) is 21.6. The number of hydrogen-bond acceptors (Lipinski definition) is 4. The van der Waals surface area contributed by atoms with Gasteiger partial charge < -0.3 is 5.11 Å². The molecule has 25 heavy (non-hydrogen) atoms. The molecule has 1 aromatic carbocycles. The molecule has 2 aromatic rings. The summed E-state index contributed by atoms with van der Waals surface area (Å²) in [4.78, 5) is 17.1. The van der Waals surface area contributed by atoms with Crippen LogP contribution in [0.5, 0.6) is 0 Å². The lowest BCUT2D eigenvalue weighted by Gasteiger charge is -2.18. The number of hydrogen-bond donors (Lipinski definition) is 1. The van der Waals surface area contributed by atoms with Gasteiger partial charge in [-0.05, 0) is 5.56 Å². The van der Waals surface area contributed by atoms with Crippen LogP contribution in [0.2, 0.25) is 0 Å². The Morgan fingerprint density at radius 3 is 2.60 bits per heavy atom. The van der Waals surface area contributed by atoms with E-state index in [2.05, 4.69) is 4.98 Å². The summed E-state index contributed by atoms with van der Waals surface area (Å²) in [6, 6.07) is 9.80. The second-order valence-corrected chi connectivity index (χ2v) is 7.12. The third kappa shape index (κ3) is 4.38. The van der Waals surface area contributed by atoms with Gasteiger partial charge in [-0.2, -0.15) is 13.2 Å². The van der Waals surface area contributed by atoms with Crippen molar-refractivity contribution in [3.8, 4) is 0 Å². The second kappa shape index (κ2) is 7.13. The molecule has 1 fully saturated rings. The Morgan fingerprint density at radius 1 is 1.28 bits per heavy atom. The molecule has 0 amide bonds. The molecule has 0 bridgehead atoms. The molecule has 1 aliphatic heterocycles. The molecule has 1 saturated heterocycles. The molecular formula is C17H17F3N2O2S. The number of carboxylic acid groups (broad SMARTS) is 1. The van der Waals surface area contributed by atoms with Gasteiger partial charge in [-0.25, -0.2) is 4.98 Å². The van der Waals surface area contributed by atoms with E-state index in [-0.39, 0.29) is 19.6 Å². The van der Waals surface area contributed by atoms with Crippen molar-refractivity contribution >= 4 is 17.3 Å². The molecule has 0 aliphatic carbocycles. The number of benzene rings is 1. The Hall–Kier alpha value is -1.93. The van der Waals surface area contributed by atoms with Gasteiger partial charge in [0.25, 0.3) is 0 Å². The zero-order valence-corrected chi connectivity index (χ0v) is 14.1. The van der Waals surface area contributed by atoms with E-state index < -0.39 is 24.0 Å². The number of carboxylic acids is 1. The number of likely N-dealkylation sites (tertiary alicyclic amines) is 1. The van der Waals surface area contributed by atoms with Crippen LogP contribution >= 0.6 is 11.3 Å². The van der Waals surface area contributed by atoms with E-state index >= 15 is 0 Å². The largest absolute Gasteiger partial charge is 0.481 e. The Bertz CT molecular complexity index is 733. The Labute approximate surface area is 146 Å². The van der Waals surface area contributed by atoms with E-state index in [0.29, 0.717) is 12.1 Å². The average molecular weight is 370 g/mol. The molecule has 0 unspecified atom stereocenters. The lowest BCUT2D eigenvalue weighted by atomic mass is 9.96. The highest BCUT2D eigenvalue weighted by molar-refractivity contribution is 7.09. The van der Waals surface area contributed by atoms with Crippen LogP contribution in [0.25, 0.3) is 0 Å². The number of alkyl halides is 3. The summed E-state index contributed by atoms with van der Waals surface area (Å²) in [7, 11) is 0. The molecule has 134 valence electrons. The van der Waals surface area contributed by atoms with Gasteiger partial charge in [-0.15, -0.1) is 11.3 Å². The first-order chi connectivity index (χ1) is 11.8. The first kappa shape index (κ1) is 17.9. The van der Waals surface area contributed by atoms with Gasteiger partial charge in [-0.1, -0.05) is 30.3 Å². The quantitative estimate of drug-likeness (QED) is 0.876. The van der Waals surface area contributed by atoms with Gasteiger partial charge in [0.2, 0.25) is 0 Å². The van der Waals surface area contributed by atoms with Crippen LogP contribution in [-0.2, 0) is 17.8 Å². The van der Waals surface area contributed by atoms with Gasteiger partial charge in [0.05, 0.1) is 22.5 Å². The van der Waals surface area contributed by atoms with E-state index in [1.165, 1.54) is 16.2 Å². The fourth-order valence-electron chi connectivity index (χ4n) is 3.10. The summed E-state index contributed by atoms with van der Waals surface area (Å²) < 4.78 is 39.1. The lowest BCUT2D eigenvalue weighted by Crippen LogP contribution is -2.33. The van der Waals surface area contributed by atoms with E-state index in [9.17, 15) is 18.0 Å². The first-order valence-electron chi connectivity index (χ1n) is 7.82. The molecule has 4 nitrogen and oxygen atoms in total. The fourth-order valence-corrected chi connectivity index (χ4v) is 3.92. The summed E-state index contributed by atoms with van der Waals surface area (Å²) in [5.41, 5.74) is 1.80. The molecular weight excluding hydrogens is 353 g/mol. The number of halogens is 3. The number of rotatable bonds is 5. The zero-order valence-electron chi connectivity index (χ0n) is 13.2. The predicted molar refractivity (Wildman–Crippen MR) is 87.3 cm³/mol. The monoisotopic (exact) mass is 370 g/mol. The molecule has 3 rings (SSSR count). The van der Waals surface area contributed by atoms with E-state index in [0.717, 1.165) is 10.6 Å². The number of nitrogens with zero attached hydrogens (tertiary/aromatic N) is 2. The summed E-state index contributed by atoms with van der Waals surface area (Å²) in [6.45, 7) is -0.168. The molecule has 1 aliphatic rings. The molecule has 1 aromatic heterocycles. The summed E-state index contributed by atoms with van der Waals surface area (Å²) in [5, 5.41) is 11.8. The highest BCUT2D eigenvalue weighted by Gasteiger charge is 2.52. The van der Waals surface area contributed by atoms with E-state index in [1.807, 2.05) is 35.7 Å². The maximum atomic E-state index is 13.0. The van der Waals surface area contributed by atoms with Crippen molar-refractivity contribution in [3.63, 3.8) is 0 Å². The van der Waals surface area contributed by atoms with Gasteiger partial charge in [-0.3, -0.25) is 9.69 Å². The van der Waals surface area contributed by atoms with Crippen molar-refractivity contribution in [3.05, 3.63) is 52.0 Å². The minimum Gasteiger partial charge on any atom is -0.481 e. The molecule has 0 spiro atoms. The van der Waals surface area contributed by atoms with Gasteiger partial charge in [0.1, 0.15) is 0 Å². The standard InChI is InChI=1S/C17H17F3N2O2S/c18-17(19,20)14-9-22(8-13(14)16(23)24)7-12-10-25-15(21-12)6-11-4-2-1-3-5-11/h1-5,10,13-14H,6-9H2,(H,23,24)/t13-,14-/m1/s1. The Morgan fingerprint density at radius 2 is 2.00 bits per heavy atom. The Kier molecular flexibility index (Phi) is 5.10. The smallest absolute Gasteiger partial charge is 0.393 e. The van der Waals surface area contributed by atoms with Crippen LogP contribution in [0.15, 0.2) is 35.7 Å². The van der Waals surface area contributed by atoms with Crippen LogP contribution in [-0.4, -0.2) is 40.2 Å². The number of thiazole rings is 1. The molecule has 1 N–H and O–H groups in total. The summed E-state index contributed by atoms with van der Waals surface area (Å²) in [5.74, 6) is -4.64. The third-order valence-electron chi connectivity index (χ3n) is 4.32. The number of aliphatic carboxylic acids is 1. The SMILES string of the molecule is O=C(O)[C@@H]1CN(Cc2csc(Cc3ccccc3)n2)C[C@H]1C(F)(F)F. The first-order valence-corrected chi connectivity index (χ1v) is 8.70. The maximum Gasteiger partial charge on any atom is 0.393 e. The van der Waals surface area contributed by atoms with E-state index in [1.54, 1.807) is 0 Å². The molecule has 8 heteroatoms. The molecule has 2 atom stereocenters. The topological polar surface area (TPSA) is 53.4 Å². The highest BCUT2D eigenvalue weighted by atomic mass is 32.1. The molecule has 2 heterocycles. The van der Waals surface area contributed by atoms with Crippen LogP contribution < -0.4 is 0 Å². The second-order valence-electron chi connectivity index (χ2n) is 6.18. The third-order valence-corrected chi connectivity index (χ3v) is 5.21. The van der Waals surface area contributed by atoms with Crippen molar-refractivity contribution in [2.75, 3.05) is 13.1 Å².